The molecular formula is C59H60N4O4Si. The first-order chi connectivity index (χ1) is 32.8. The maximum Gasteiger partial charge on any atom is 0.410 e. The molecule has 1 aromatic heterocycles. The van der Waals surface area contributed by atoms with Crippen LogP contribution in [-0.4, -0.2) is 59.5 Å². The lowest BCUT2D eigenvalue weighted by Crippen LogP contribution is -2.68. The summed E-state index contributed by atoms with van der Waals surface area (Å²) < 4.78 is 15.7. The Morgan fingerprint density at radius 1 is 0.676 bits per heavy atom. The van der Waals surface area contributed by atoms with Crippen LogP contribution in [-0.2, 0) is 21.5 Å². The van der Waals surface area contributed by atoms with E-state index in [9.17, 15) is 9.59 Å². The van der Waals surface area contributed by atoms with Crippen molar-refractivity contribution in [2.45, 2.75) is 76.6 Å². The van der Waals surface area contributed by atoms with E-state index in [1.165, 1.54) is 10.4 Å². The summed E-state index contributed by atoms with van der Waals surface area (Å²) in [6.45, 7) is 13.0. The summed E-state index contributed by atoms with van der Waals surface area (Å²) in [7, 11) is -2.94. The van der Waals surface area contributed by atoms with E-state index in [4.69, 9.17) is 14.1 Å². The molecule has 1 aliphatic rings. The Morgan fingerprint density at radius 2 is 1.21 bits per heavy atom. The van der Waals surface area contributed by atoms with Gasteiger partial charge >= 0.3 is 14.4 Å². The van der Waals surface area contributed by atoms with Gasteiger partial charge in [-0.1, -0.05) is 191 Å². The van der Waals surface area contributed by atoms with Crippen LogP contribution in [0.15, 0.2) is 201 Å². The number of carbonyl (C=O) groups is 2. The van der Waals surface area contributed by atoms with E-state index in [1.54, 1.807) is 4.90 Å². The highest BCUT2D eigenvalue weighted by molar-refractivity contribution is 7.00. The third-order valence-corrected chi connectivity index (χ3v) is 18.1. The van der Waals surface area contributed by atoms with E-state index in [2.05, 4.69) is 177 Å². The molecule has 1 aliphatic heterocycles. The Labute approximate surface area is 402 Å². The molecule has 1 atom stereocenters. The summed E-state index contributed by atoms with van der Waals surface area (Å²) in [5.41, 5.74) is 3.33. The van der Waals surface area contributed by atoms with Gasteiger partial charge in [0.15, 0.2) is 0 Å². The number of ether oxygens (including phenoxy) is 1. The number of benzene rings is 7. The van der Waals surface area contributed by atoms with Crippen molar-refractivity contribution in [3.8, 4) is 5.75 Å². The smallest absolute Gasteiger partial charge is 0.410 e. The number of amides is 2. The van der Waals surface area contributed by atoms with Crippen LogP contribution in [0.5, 0.6) is 5.75 Å². The van der Waals surface area contributed by atoms with Gasteiger partial charge in [0, 0.05) is 31.1 Å². The number of rotatable bonds is 13. The molecule has 8 nitrogen and oxygen atoms in total. The summed E-state index contributed by atoms with van der Waals surface area (Å²) in [5.74, 6) is 0.594. The first kappa shape index (κ1) is 45.9. The largest absolute Gasteiger partial charge is 0.534 e. The fraction of sp³-hybridized carbons (Fsp3) is 0.237. The first-order valence-electron chi connectivity index (χ1n) is 23.6. The number of nitrogens with zero attached hydrogens (tertiary/aromatic N) is 4. The zero-order valence-corrected chi connectivity index (χ0v) is 40.9. The fourth-order valence-corrected chi connectivity index (χ4v) is 14.6. The predicted molar refractivity (Wildman–Crippen MR) is 276 cm³/mol. The van der Waals surface area contributed by atoms with Crippen molar-refractivity contribution in [3.63, 3.8) is 0 Å². The average molecular weight is 917 g/mol. The van der Waals surface area contributed by atoms with Crippen molar-refractivity contribution in [1.82, 2.24) is 14.5 Å². The van der Waals surface area contributed by atoms with Crippen molar-refractivity contribution in [2.75, 3.05) is 18.0 Å². The van der Waals surface area contributed by atoms with E-state index in [1.807, 2.05) is 74.5 Å². The van der Waals surface area contributed by atoms with E-state index >= 15 is 0 Å². The molecule has 68 heavy (non-hydrogen) atoms. The molecule has 9 heteroatoms. The molecule has 2 amide bonds. The topological polar surface area (TPSA) is 76.9 Å². The van der Waals surface area contributed by atoms with Gasteiger partial charge in [-0.2, -0.15) is 0 Å². The number of hydrogen-bond acceptors (Lipinski definition) is 5. The van der Waals surface area contributed by atoms with Crippen LogP contribution in [0.1, 0.15) is 70.3 Å². The van der Waals surface area contributed by atoms with Gasteiger partial charge < -0.3 is 18.6 Å². The highest BCUT2D eigenvalue weighted by Crippen LogP contribution is 2.42. The van der Waals surface area contributed by atoms with Gasteiger partial charge in [-0.15, -0.1) is 0 Å². The van der Waals surface area contributed by atoms with E-state index in [0.29, 0.717) is 19.4 Å². The number of carbonyl (C=O) groups excluding carboxylic acids is 2. The van der Waals surface area contributed by atoms with E-state index < -0.39 is 31.6 Å². The van der Waals surface area contributed by atoms with Crippen LogP contribution in [0.4, 0.5) is 10.5 Å². The minimum atomic E-state index is -2.94. The normalized spacial score (nSPS) is 14.5. The lowest BCUT2D eigenvalue weighted by Gasteiger charge is -2.43. The third kappa shape index (κ3) is 8.74. The van der Waals surface area contributed by atoms with Gasteiger partial charge in [0.25, 0.3) is 0 Å². The molecule has 0 spiro atoms. The van der Waals surface area contributed by atoms with Crippen molar-refractivity contribution in [2.24, 2.45) is 0 Å². The molecule has 0 bridgehead atoms. The highest BCUT2D eigenvalue weighted by Gasteiger charge is 2.52. The highest BCUT2D eigenvalue weighted by atomic mass is 28.4. The summed E-state index contributed by atoms with van der Waals surface area (Å²) >= 11 is 0. The summed E-state index contributed by atoms with van der Waals surface area (Å²) in [6, 6.07) is 64.2. The minimum Gasteiger partial charge on any atom is -0.534 e. The van der Waals surface area contributed by atoms with Gasteiger partial charge in [0.2, 0.25) is 5.91 Å². The molecule has 0 aliphatic carbocycles. The Hall–Kier alpha value is -7.23. The van der Waals surface area contributed by atoms with Crippen LogP contribution < -0.4 is 19.7 Å². The van der Waals surface area contributed by atoms with Crippen LogP contribution in [0.3, 0.4) is 0 Å². The number of imidazole rings is 1. The fourth-order valence-electron chi connectivity index (χ4n) is 10.1. The molecule has 344 valence electrons. The van der Waals surface area contributed by atoms with Gasteiger partial charge in [0.1, 0.15) is 22.9 Å². The van der Waals surface area contributed by atoms with Gasteiger partial charge in [-0.3, -0.25) is 9.69 Å². The van der Waals surface area contributed by atoms with E-state index in [-0.39, 0.29) is 17.5 Å². The van der Waals surface area contributed by atoms with Crippen LogP contribution in [0.25, 0.3) is 10.8 Å². The number of fused-ring (bicyclic) bond motifs is 1. The lowest BCUT2D eigenvalue weighted by molar-refractivity contribution is -0.121. The molecule has 8 aromatic rings. The van der Waals surface area contributed by atoms with Crippen LogP contribution in [0.2, 0.25) is 5.04 Å². The quantitative estimate of drug-likeness (QED) is 0.0851. The minimum absolute atomic E-state index is 0.150. The second-order valence-electron chi connectivity index (χ2n) is 19.7. The standard InChI is InChI=1S/C59H60N4O4Si/c1-57(2,3)66-56(65)63(39-37-48-42-61(43-60-48)59(45-24-12-7-13-25-45,46-26-14-8-15-27-46)47-28-16-9-17-29-47)54-38-40-62(55(54)64)53-34-22-23-44-35-36-49(41-52(44)53)67-68(58(4,5)6,50-30-18-10-19-31-50)51-32-20-11-21-33-51/h7-36,41-43,54H,37-40H2,1-6H3. The first-order valence-corrected chi connectivity index (χ1v) is 25.5. The Bertz CT molecular complexity index is 2850. The van der Waals surface area contributed by atoms with Crippen molar-refractivity contribution < 1.29 is 18.8 Å². The number of anilines is 1. The Morgan fingerprint density at radius 3 is 1.72 bits per heavy atom. The number of hydrogen-bond donors (Lipinski definition) is 0. The molecule has 0 radical (unpaired) electrons. The molecule has 0 N–H and O–H groups in total. The number of aromatic nitrogens is 2. The van der Waals surface area contributed by atoms with Gasteiger partial charge in [-0.25, -0.2) is 9.78 Å². The summed E-state index contributed by atoms with van der Waals surface area (Å²) in [5, 5.41) is 4.03. The molecule has 1 unspecified atom stereocenters. The zero-order chi connectivity index (χ0) is 47.5. The Balaban J connectivity index is 1.04. The summed E-state index contributed by atoms with van der Waals surface area (Å²) in [4.78, 5) is 37.6. The van der Waals surface area contributed by atoms with Gasteiger partial charge in [0.05, 0.1) is 17.7 Å². The molecule has 0 saturated carbocycles. The van der Waals surface area contributed by atoms with Crippen LogP contribution in [0, 0.1) is 0 Å². The zero-order valence-electron chi connectivity index (χ0n) is 39.9. The maximum absolute atomic E-state index is 14.9. The van der Waals surface area contributed by atoms with Crippen molar-refractivity contribution in [1.29, 1.82) is 0 Å². The van der Waals surface area contributed by atoms with Gasteiger partial charge in [-0.05, 0) is 82.9 Å². The summed E-state index contributed by atoms with van der Waals surface area (Å²) in [6.07, 6.45) is 4.28. The third-order valence-electron chi connectivity index (χ3n) is 13.2. The lowest BCUT2D eigenvalue weighted by atomic mass is 9.77. The Kier molecular flexibility index (Phi) is 12.7. The average Bonchev–Trinajstić information content (AvgIpc) is 3.98. The monoisotopic (exact) mass is 916 g/mol. The van der Waals surface area contributed by atoms with Crippen LogP contribution >= 0.6 is 0 Å². The molecular weight excluding hydrogens is 857 g/mol. The molecule has 1 fully saturated rings. The molecule has 9 rings (SSSR count). The molecule has 7 aromatic carbocycles. The second-order valence-corrected chi connectivity index (χ2v) is 23.9. The maximum atomic E-state index is 14.9. The predicted octanol–water partition coefficient (Wildman–Crippen LogP) is 11.4. The SMILES string of the molecule is CC(C)(C)OC(=O)N(CCc1cn(C(c2ccccc2)(c2ccccc2)c2ccccc2)cn1)C1CCN(c2cccc3ccc(O[Si](c4ccccc4)(c4ccccc4)C(C)(C)C)cc23)C1=O. The second kappa shape index (κ2) is 18.8. The molecule has 2 heterocycles. The van der Waals surface area contributed by atoms with E-state index in [0.717, 1.165) is 44.6 Å². The van der Waals surface area contributed by atoms with Crippen molar-refractivity contribution in [3.05, 3.63) is 223 Å². The molecule has 1 saturated heterocycles. The van der Waals surface area contributed by atoms with Crippen molar-refractivity contribution >= 4 is 47.2 Å².